The number of carbonyl (C=O) groups excluding carboxylic acids is 2. The molecule has 0 saturated carbocycles. The molecule has 0 aliphatic heterocycles. The first-order valence-corrected chi connectivity index (χ1v) is 8.40. The summed E-state index contributed by atoms with van der Waals surface area (Å²) in [6.45, 7) is 0.485. The number of amides is 2. The highest BCUT2D eigenvalue weighted by atomic mass is 32.1. The van der Waals surface area contributed by atoms with Crippen LogP contribution in [0.3, 0.4) is 0 Å². The number of nitrogens with one attached hydrogen (secondary N) is 1. The van der Waals surface area contributed by atoms with Gasteiger partial charge in [0.1, 0.15) is 0 Å². The van der Waals surface area contributed by atoms with Crippen molar-refractivity contribution in [1.29, 1.82) is 0 Å². The average Bonchev–Trinajstić information content (AvgIpc) is 3.30. The fraction of sp³-hybridized carbons (Fsp3) is 0.250. The molecular formula is C16H17N5O3S. The molecule has 130 valence electrons. The minimum absolute atomic E-state index is 0.0573. The molecule has 0 aromatic carbocycles. The Morgan fingerprint density at radius 3 is 2.96 bits per heavy atom. The maximum atomic E-state index is 12.3. The average molecular weight is 359 g/mol. The van der Waals surface area contributed by atoms with Gasteiger partial charge in [0.2, 0.25) is 5.91 Å². The van der Waals surface area contributed by atoms with Gasteiger partial charge in [0.25, 0.3) is 5.91 Å². The number of thiazole rings is 1. The number of nitrogens with zero attached hydrogens (tertiary/aromatic N) is 4. The van der Waals surface area contributed by atoms with Gasteiger partial charge in [0.05, 0.1) is 24.6 Å². The molecule has 0 spiro atoms. The number of hydrogen-bond donors (Lipinski definition) is 1. The van der Waals surface area contributed by atoms with Crippen LogP contribution in [-0.4, -0.2) is 38.5 Å². The lowest BCUT2D eigenvalue weighted by Crippen LogP contribution is -2.27. The lowest BCUT2D eigenvalue weighted by atomic mass is 10.3. The molecule has 0 saturated heterocycles. The summed E-state index contributed by atoms with van der Waals surface area (Å²) in [6.07, 6.45) is 5.20. The second-order valence-electron chi connectivity index (χ2n) is 5.52. The summed E-state index contributed by atoms with van der Waals surface area (Å²) in [5, 5.41) is 8.92. The first kappa shape index (κ1) is 16.9. The van der Waals surface area contributed by atoms with Crippen molar-refractivity contribution >= 4 is 28.3 Å². The number of rotatable bonds is 6. The number of carbonyl (C=O) groups is 2. The monoisotopic (exact) mass is 359 g/mol. The van der Waals surface area contributed by atoms with Crippen LogP contribution < -0.4 is 5.32 Å². The van der Waals surface area contributed by atoms with Crippen molar-refractivity contribution in [2.24, 2.45) is 7.05 Å². The Morgan fingerprint density at radius 2 is 2.28 bits per heavy atom. The normalized spacial score (nSPS) is 10.6. The van der Waals surface area contributed by atoms with Gasteiger partial charge in [0.15, 0.2) is 10.9 Å². The van der Waals surface area contributed by atoms with Crippen molar-refractivity contribution in [3.05, 3.63) is 53.2 Å². The molecule has 0 fully saturated rings. The Kier molecular flexibility index (Phi) is 4.94. The predicted molar refractivity (Wildman–Crippen MR) is 92.2 cm³/mol. The second-order valence-corrected chi connectivity index (χ2v) is 6.38. The molecular weight excluding hydrogens is 342 g/mol. The SMILES string of the molecule is CN(Cc1cnn(C)c1)C(=O)Cc1csc(NC(=O)c2ccco2)n1. The van der Waals surface area contributed by atoms with E-state index in [-0.39, 0.29) is 24.0 Å². The standard InChI is InChI=1S/C16H17N5O3S/c1-20(8-11-7-17-21(2)9-11)14(22)6-12-10-25-16(18-12)19-15(23)13-4-3-5-24-13/h3-5,7,9-10H,6,8H2,1-2H3,(H,18,19,23). The maximum absolute atomic E-state index is 12.3. The minimum atomic E-state index is -0.370. The molecule has 1 N–H and O–H groups in total. The van der Waals surface area contributed by atoms with E-state index >= 15 is 0 Å². The largest absolute Gasteiger partial charge is 0.459 e. The van der Waals surface area contributed by atoms with E-state index in [2.05, 4.69) is 15.4 Å². The van der Waals surface area contributed by atoms with Gasteiger partial charge in [-0.2, -0.15) is 5.10 Å². The molecule has 9 heteroatoms. The Morgan fingerprint density at radius 1 is 1.44 bits per heavy atom. The number of likely N-dealkylation sites (N-methyl/N-ethyl adjacent to an activating group) is 1. The molecule has 2 amide bonds. The van der Waals surface area contributed by atoms with Gasteiger partial charge in [-0.05, 0) is 12.1 Å². The number of aryl methyl sites for hydroxylation is 1. The van der Waals surface area contributed by atoms with Crippen LogP contribution in [0.15, 0.2) is 40.6 Å². The van der Waals surface area contributed by atoms with E-state index in [4.69, 9.17) is 4.42 Å². The van der Waals surface area contributed by atoms with E-state index in [1.165, 1.54) is 17.6 Å². The number of furan rings is 1. The zero-order valence-corrected chi connectivity index (χ0v) is 14.6. The number of aromatic nitrogens is 3. The summed E-state index contributed by atoms with van der Waals surface area (Å²) < 4.78 is 6.72. The molecule has 25 heavy (non-hydrogen) atoms. The van der Waals surface area contributed by atoms with Crippen molar-refractivity contribution in [2.75, 3.05) is 12.4 Å². The van der Waals surface area contributed by atoms with Crippen molar-refractivity contribution in [3.63, 3.8) is 0 Å². The quantitative estimate of drug-likeness (QED) is 0.726. The molecule has 3 heterocycles. The van der Waals surface area contributed by atoms with Crippen molar-refractivity contribution in [3.8, 4) is 0 Å². The number of hydrogen-bond acceptors (Lipinski definition) is 6. The topological polar surface area (TPSA) is 93.3 Å². The Balaban J connectivity index is 1.55. The van der Waals surface area contributed by atoms with Crippen LogP contribution in [0.2, 0.25) is 0 Å². The molecule has 0 atom stereocenters. The zero-order chi connectivity index (χ0) is 17.8. The summed E-state index contributed by atoms with van der Waals surface area (Å²) >= 11 is 1.27. The summed E-state index contributed by atoms with van der Waals surface area (Å²) in [4.78, 5) is 30.1. The Bertz CT molecular complexity index is 868. The third kappa shape index (κ3) is 4.32. The zero-order valence-electron chi connectivity index (χ0n) is 13.8. The smallest absolute Gasteiger partial charge is 0.293 e. The third-order valence-electron chi connectivity index (χ3n) is 3.45. The van der Waals surface area contributed by atoms with E-state index in [0.717, 1.165) is 5.56 Å². The van der Waals surface area contributed by atoms with Crippen LogP contribution in [0.4, 0.5) is 5.13 Å². The second kappa shape index (κ2) is 7.31. The summed E-state index contributed by atoms with van der Waals surface area (Å²) in [5.41, 5.74) is 1.57. The summed E-state index contributed by atoms with van der Waals surface area (Å²) in [5.74, 6) is -0.215. The first-order valence-electron chi connectivity index (χ1n) is 7.52. The van der Waals surface area contributed by atoms with Crippen LogP contribution in [0, 0.1) is 0 Å². The molecule has 0 aliphatic rings. The van der Waals surface area contributed by atoms with Crippen LogP contribution in [-0.2, 0) is 24.8 Å². The molecule has 0 aliphatic carbocycles. The van der Waals surface area contributed by atoms with Gasteiger partial charge in [-0.25, -0.2) is 4.98 Å². The lowest BCUT2D eigenvalue weighted by Gasteiger charge is -2.15. The van der Waals surface area contributed by atoms with Gasteiger partial charge < -0.3 is 9.32 Å². The van der Waals surface area contributed by atoms with Crippen LogP contribution in [0.25, 0.3) is 0 Å². The molecule has 3 aromatic rings. The van der Waals surface area contributed by atoms with Crippen molar-refractivity contribution in [1.82, 2.24) is 19.7 Å². The van der Waals surface area contributed by atoms with Crippen molar-refractivity contribution in [2.45, 2.75) is 13.0 Å². The molecule has 0 bridgehead atoms. The fourth-order valence-corrected chi connectivity index (χ4v) is 2.92. The summed E-state index contributed by atoms with van der Waals surface area (Å²) in [7, 11) is 3.57. The van der Waals surface area contributed by atoms with Crippen molar-refractivity contribution < 1.29 is 14.0 Å². The lowest BCUT2D eigenvalue weighted by molar-refractivity contribution is -0.129. The molecule has 0 unspecified atom stereocenters. The fourth-order valence-electron chi connectivity index (χ4n) is 2.22. The van der Waals surface area contributed by atoms with Gasteiger partial charge in [0, 0.05) is 37.8 Å². The van der Waals surface area contributed by atoms with Gasteiger partial charge >= 0.3 is 0 Å². The van der Waals surface area contributed by atoms with Crippen LogP contribution in [0.1, 0.15) is 21.8 Å². The van der Waals surface area contributed by atoms with Gasteiger partial charge in [-0.15, -0.1) is 11.3 Å². The van der Waals surface area contributed by atoms with E-state index in [1.54, 1.807) is 40.3 Å². The highest BCUT2D eigenvalue weighted by molar-refractivity contribution is 7.14. The number of anilines is 1. The Hall–Kier alpha value is -2.94. The van der Waals surface area contributed by atoms with E-state index in [0.29, 0.717) is 17.4 Å². The highest BCUT2D eigenvalue weighted by Crippen LogP contribution is 2.17. The van der Waals surface area contributed by atoms with Crippen LogP contribution >= 0.6 is 11.3 Å². The summed E-state index contributed by atoms with van der Waals surface area (Å²) in [6, 6.07) is 3.21. The Labute approximate surface area is 148 Å². The van der Waals surface area contributed by atoms with Crippen LogP contribution in [0.5, 0.6) is 0 Å². The maximum Gasteiger partial charge on any atom is 0.293 e. The molecule has 8 nitrogen and oxygen atoms in total. The third-order valence-corrected chi connectivity index (χ3v) is 4.26. The molecule has 3 aromatic heterocycles. The first-order chi connectivity index (χ1) is 12.0. The van der Waals surface area contributed by atoms with Gasteiger partial charge in [-0.3, -0.25) is 19.6 Å². The van der Waals surface area contributed by atoms with Gasteiger partial charge in [-0.1, -0.05) is 0 Å². The molecule has 0 radical (unpaired) electrons. The predicted octanol–water partition coefficient (Wildman–Crippen LogP) is 1.92. The van der Waals surface area contributed by atoms with E-state index in [9.17, 15) is 9.59 Å². The van der Waals surface area contributed by atoms with E-state index in [1.807, 2.05) is 13.2 Å². The molecule has 3 rings (SSSR count). The van der Waals surface area contributed by atoms with E-state index < -0.39 is 0 Å². The minimum Gasteiger partial charge on any atom is -0.459 e. The highest BCUT2D eigenvalue weighted by Gasteiger charge is 2.15.